The van der Waals surface area contributed by atoms with Crippen LogP contribution in [-0.2, 0) is 308 Å². The van der Waals surface area contributed by atoms with Crippen LogP contribution in [0.15, 0.2) is 72.4 Å². The molecule has 13 N–H and O–H groups in total. The number of hydrogen-bond donors (Lipinski definition) is 8. The van der Waals surface area contributed by atoms with Gasteiger partial charge >= 0.3 is 17.1 Å². The minimum absolute atomic E-state index is 0. The Hall–Kier alpha value is -2.72. The Bertz CT molecular complexity index is 6610. The van der Waals surface area contributed by atoms with Gasteiger partial charge in [0.05, 0.1) is 111 Å². The first-order valence-corrected chi connectivity index (χ1v) is 53.0. The number of anilines is 5. The zero-order chi connectivity index (χ0) is 99.9. The van der Waals surface area contributed by atoms with E-state index < -0.39 is 232 Å². The number of halogens is 7. The fourth-order valence-corrected chi connectivity index (χ4v) is 19.9. The fraction of sp³-hybridized carbons (Fsp3) is 0.625. The number of hydrogen-bond acceptors (Lipinski definition) is 45. The number of aromatic amines is 3. The minimum Gasteiger partial charge on any atom is -0.476 e. The number of fused-ring (bicyclic) bond motifs is 15. The third-order valence-electron chi connectivity index (χ3n) is 24.0. The third-order valence-corrected chi connectivity index (χ3v) is 27.3. The molecule has 6 radical (unpaired) electrons. The van der Waals surface area contributed by atoms with E-state index in [0.717, 1.165) is 13.7 Å². The number of nitrogens with one attached hydrogen (secondary N) is 3. The number of alkyl halides is 6. The smallest absolute Gasteiger partial charge is 0.351 e. The van der Waals surface area contributed by atoms with Crippen LogP contribution in [0.5, 0.6) is 5.88 Å². The van der Waals surface area contributed by atoms with Gasteiger partial charge in [-0.25, -0.2) is 55.7 Å². The zero-order valence-electron chi connectivity index (χ0n) is 77.5. The summed E-state index contributed by atoms with van der Waals surface area (Å²) in [6.07, 6.45) is -12.8. The quantitative estimate of drug-likeness (QED) is 0.0271. The number of nitrogen functional groups attached to an aromatic ring is 5. The minimum atomic E-state index is -2.30. The number of nitrogens with zero attached hydrogens (tertiary/aromatic N) is 15. The van der Waals surface area contributed by atoms with E-state index in [1.807, 2.05) is 6.92 Å². The molecule has 9 aromatic heterocycles. The van der Waals surface area contributed by atoms with Crippen LogP contribution >= 0.6 is 48.2 Å². The van der Waals surface area contributed by atoms with Crippen LogP contribution in [0.2, 0.25) is 0 Å². The summed E-state index contributed by atoms with van der Waals surface area (Å²) in [5, 5.41) is 0. The average Bonchev–Trinajstić information content (AvgIpc) is 1.60. The monoisotopic (exact) mass is 2630 g/mol. The SMILES string of the molecule is CCOc1nc(N)nc2c1ncn2[C@@H]1O[C@@]2(CO[PH](C)=O)CO[C@@H]1[C@@H]2F.C[PH](=O)OC[C@@]12CO[C@@H]([C@H](n3cc(F)c(=O)[nH]c3=O)O1)[C@@H]2F.C[PH](=O)OC[C@@]12CO[C@@H]([C@H](n3ccc(N)nc3=O)O1)[C@@H]2F.C[PH](=O)OC[C@@]12CO[C@@H]([C@H](n3cnc4c(=O)[nH]c(N)nc43)O1)[C@@H]2F.C[PH](=O)OC[C@@]12CO[C@@H]([C@H](n3cnc4c(N)nc(N)nc43)O1)[C@@H]2F.Cc1cn([C@@H]2O[C@@]3(CO[PH](C)=O)CO[C@@H]2[C@@H]3F)c(=O)[nH]c1=O.[Y].[Y].[Y].[Y].[Y].[Y]. The first-order valence-electron chi connectivity index (χ1n) is 42.1. The predicted molar refractivity (Wildman–Crippen MR) is 468 cm³/mol. The molecular formula is C72H94F7N23O31P6Y6. The average molecular weight is 2630 g/mol. The molecule has 21 heterocycles. The topological polar surface area (TPSA) is 703 Å². The zero-order valence-corrected chi connectivity index (χ0v) is 101. The van der Waals surface area contributed by atoms with E-state index in [1.54, 1.807) is 9.55 Å². The number of imidazole rings is 3. The Labute approximate surface area is 966 Å². The maximum absolute atomic E-state index is 14.9. The van der Waals surface area contributed by atoms with Crippen molar-refractivity contribution in [2.24, 2.45) is 0 Å². The van der Waals surface area contributed by atoms with E-state index in [4.69, 9.17) is 117 Å². The largest absolute Gasteiger partial charge is 0.476 e. The maximum Gasteiger partial charge on any atom is 0.351 e. The summed E-state index contributed by atoms with van der Waals surface area (Å²) in [6, 6.07) is 1.41. The Kier molecular flexibility index (Phi) is 43.4. The van der Waals surface area contributed by atoms with Gasteiger partial charge in [0.15, 0.2) is 190 Å². The van der Waals surface area contributed by atoms with Crippen molar-refractivity contribution in [3.05, 3.63) is 118 Å². The summed E-state index contributed by atoms with van der Waals surface area (Å²) in [5.41, 5.74) is 17.4. The summed E-state index contributed by atoms with van der Waals surface area (Å²) in [5.74, 6) is -0.865. The van der Waals surface area contributed by atoms with Crippen molar-refractivity contribution in [2.45, 2.75) is 158 Å². The molecule has 12 aliphatic heterocycles. The maximum atomic E-state index is 14.9. The van der Waals surface area contributed by atoms with Crippen LogP contribution in [0, 0.1) is 12.7 Å². The molecule has 12 bridgehead atoms. The number of aryl methyl sites for hydroxylation is 1. The Morgan fingerprint density at radius 2 is 0.697 bits per heavy atom. The van der Waals surface area contributed by atoms with E-state index in [0.29, 0.717) is 40.7 Å². The first kappa shape index (κ1) is 124. The summed E-state index contributed by atoms with van der Waals surface area (Å²) in [4.78, 5) is 112. The Morgan fingerprint density at radius 3 is 1.04 bits per heavy atom. The number of nitrogens with two attached hydrogens (primary N) is 5. The Morgan fingerprint density at radius 1 is 0.393 bits per heavy atom. The Balaban J connectivity index is 0.000000177. The fourth-order valence-electron chi connectivity index (χ4n) is 17.2. The van der Waals surface area contributed by atoms with Crippen LogP contribution in [0.25, 0.3) is 33.5 Å². The summed E-state index contributed by atoms with van der Waals surface area (Å²) in [7, 11) is -13.4. The van der Waals surface area contributed by atoms with Gasteiger partial charge < -0.3 is 117 Å². The van der Waals surface area contributed by atoms with E-state index in [1.165, 1.54) is 93.5 Å². The normalized spacial score (nSPS) is 32.5. The van der Waals surface area contributed by atoms with Gasteiger partial charge in [0.2, 0.25) is 29.5 Å². The third kappa shape index (κ3) is 25.1. The molecular weight excluding hydrogens is 2540 g/mol. The van der Waals surface area contributed by atoms with E-state index in [-0.39, 0.29) is 322 Å². The van der Waals surface area contributed by atoms with E-state index in [2.05, 4.69) is 54.8 Å². The van der Waals surface area contributed by atoms with Gasteiger partial charge in [-0.05, 0) is 19.9 Å². The molecule has 0 saturated carbocycles. The van der Waals surface area contributed by atoms with Gasteiger partial charge in [0.1, 0.15) is 48.0 Å². The van der Waals surface area contributed by atoms with Gasteiger partial charge in [-0.1, -0.05) is 0 Å². The molecule has 0 aliphatic carbocycles. The number of ether oxygens (including phenoxy) is 13. The van der Waals surface area contributed by atoms with E-state index >= 15 is 0 Å². The molecule has 0 aromatic carbocycles. The van der Waals surface area contributed by atoms with Gasteiger partial charge in [-0.3, -0.25) is 84.1 Å². The number of H-pyrrole nitrogens is 3. The molecule has 12 saturated heterocycles. The van der Waals surface area contributed by atoms with Crippen LogP contribution in [0.4, 0.5) is 60.2 Å². The standard InChI is InChI=1S/C14H19FN5O5P.C12H16FN6O4P.C12H15FN5O5P.C12H16FN2O6P.C11H13F2N2O6P.C11H15FN3O5P.6Y/c1-3-22-11-7-10(18-13(16)19-11)20(6-17-7)12-8-9(15)14(25-12,4-23-8)5-24-26(2)21;1-24(20)22-3-12-2-21-6(7(12)13)10(23-12)19-4-16-5-8(14)17-11(15)18-9(5)19;1-24(20)22-3-12-2-21-6(7(12)13)10(23-12)18-4-15-5-8(18)16-11(14)17-9(5)19;1-6-3-15(11(17)14-9(6)16)10-7-8(13)12(21-10,4-19-7)5-20-22(2)18;1-22(18)20-4-11-3-19-6(7(11)13)9(21-11)15-2-5(12)8(16)14-10(15)17;1-21(17)19-5-11-4-18-7(8(11)12)9(20-11)15-3-2-6(13)14-10(15)16;;;;;;/h6,8-9,12,26H,3-5H2,1-2H3,(H2,16,18,19);4,6-7,10,24H,2-3H2,1H3,(H4,14,15,17,18);4,6-7,10,24H,2-3H2,1H3,(H3,14,16,17,19);3,7-8,10,22H,4-5H2,1-2H3,(H,14,16,17);2,6-7,9,22H,3-4H2,1H3,(H,14,16,17);2-3,7-9,21H,4-5H2,1H3,(H2,13,14,16);;;;;;/t8-,9+,12-,14-;2*6-,7+,10-,12-;7-,8+,10-,12-;6-,7+,9-,11-;7-,8+,9-,11-;;;;;;/m111111....../s1. The molecule has 54 nitrogen and oxygen atoms in total. The molecule has 12 fully saturated rings. The van der Waals surface area contributed by atoms with E-state index in [9.17, 15) is 86.9 Å². The predicted octanol–water partition coefficient (Wildman–Crippen LogP) is 0.585. The van der Waals surface area contributed by atoms with Gasteiger partial charge in [0, 0.05) is 254 Å². The molecule has 21 rings (SSSR count). The molecule has 6 unspecified atom stereocenters. The van der Waals surface area contributed by atoms with Gasteiger partial charge in [-0.15, -0.1) is 0 Å². The second kappa shape index (κ2) is 50.7. The summed E-state index contributed by atoms with van der Waals surface area (Å²) in [6.45, 7) is 10.8. The van der Waals surface area contributed by atoms with Crippen LogP contribution < -0.4 is 67.2 Å². The molecule has 0 amide bonds. The van der Waals surface area contributed by atoms with Crippen molar-refractivity contribution in [2.75, 3.05) is 155 Å². The first-order chi connectivity index (χ1) is 65.9. The van der Waals surface area contributed by atoms with Crippen LogP contribution in [0.1, 0.15) is 49.9 Å². The summed E-state index contributed by atoms with van der Waals surface area (Å²) >= 11 is 0. The molecule has 780 valence electrons. The number of rotatable bonds is 26. The summed E-state index contributed by atoms with van der Waals surface area (Å²) < 4.78 is 278. The van der Waals surface area contributed by atoms with Gasteiger partial charge in [0.25, 0.3) is 16.7 Å². The van der Waals surface area contributed by atoms with Crippen molar-refractivity contribution in [3.8, 4) is 5.88 Å². The molecule has 30 atom stereocenters. The number of aromatic nitrogens is 18. The van der Waals surface area contributed by atoms with Crippen molar-refractivity contribution in [1.29, 1.82) is 0 Å². The molecule has 73 heteroatoms. The molecule has 0 spiro atoms. The molecule has 9 aromatic rings. The van der Waals surface area contributed by atoms with Crippen molar-refractivity contribution >= 4 is 111 Å². The van der Waals surface area contributed by atoms with Crippen molar-refractivity contribution in [3.63, 3.8) is 0 Å². The van der Waals surface area contributed by atoms with Crippen molar-refractivity contribution < 1.29 is 343 Å². The van der Waals surface area contributed by atoms with Crippen LogP contribution in [-0.4, -0.2) is 320 Å². The second-order valence-electron chi connectivity index (χ2n) is 33.6. The second-order valence-corrected chi connectivity index (χ2v) is 41.2. The molecule has 12 aliphatic rings. The van der Waals surface area contributed by atoms with Crippen molar-refractivity contribution in [1.82, 2.24) is 87.2 Å². The van der Waals surface area contributed by atoms with Gasteiger partial charge in [-0.2, -0.15) is 34.3 Å². The molecule has 145 heavy (non-hydrogen) atoms. The van der Waals surface area contributed by atoms with Crippen LogP contribution in [0.3, 0.4) is 0 Å².